The molecule has 0 saturated heterocycles. The van der Waals surface area contributed by atoms with Gasteiger partial charge in [-0.15, -0.1) is 0 Å². The summed E-state index contributed by atoms with van der Waals surface area (Å²) in [5.41, 5.74) is 0. The maximum Gasteiger partial charge on any atom is 0.214 e. The zero-order valence-corrected chi connectivity index (χ0v) is 6.67. The number of hydrogen-bond donors (Lipinski definition) is 1. The molecule has 0 aliphatic heterocycles. The third-order valence-corrected chi connectivity index (χ3v) is 1.77. The van der Waals surface area contributed by atoms with Crippen molar-refractivity contribution in [1.82, 2.24) is 4.98 Å². The molecule has 0 radical (unpaired) electrons. The van der Waals surface area contributed by atoms with Gasteiger partial charge in [0.2, 0.25) is 5.88 Å². The zero-order chi connectivity index (χ0) is 8.27. The van der Waals surface area contributed by atoms with Gasteiger partial charge < -0.3 is 9.29 Å². The van der Waals surface area contributed by atoms with Crippen molar-refractivity contribution < 1.29 is 13.5 Å². The van der Waals surface area contributed by atoms with E-state index in [1.807, 2.05) is 0 Å². The summed E-state index contributed by atoms with van der Waals surface area (Å²) < 4.78 is 23.9. The maximum absolute atomic E-state index is 10.5. The summed E-state index contributed by atoms with van der Waals surface area (Å²) >= 11 is -1.96. The first-order valence-corrected chi connectivity index (χ1v) is 3.95. The molecule has 0 saturated carbocycles. The topological polar surface area (TPSA) is 59.4 Å². The lowest BCUT2D eigenvalue weighted by Gasteiger charge is -1.98. The van der Waals surface area contributed by atoms with E-state index < -0.39 is 11.1 Å². The Balaban J connectivity index is 3.01. The van der Waals surface area contributed by atoms with Crippen LogP contribution in [0, 0.1) is 0 Å². The first-order chi connectivity index (χ1) is 5.24. The number of aromatic nitrogens is 1. The fraction of sp³-hybridized carbons (Fsp3) is 0.167. The molecule has 0 bridgehead atoms. The van der Waals surface area contributed by atoms with Crippen molar-refractivity contribution in [3.05, 3.63) is 18.3 Å². The van der Waals surface area contributed by atoms with Crippen LogP contribution in [-0.2, 0) is 11.1 Å². The van der Waals surface area contributed by atoms with Crippen LogP contribution in [0.15, 0.2) is 23.2 Å². The highest BCUT2D eigenvalue weighted by Crippen LogP contribution is 2.10. The number of ether oxygens (including phenoxy) is 1. The normalized spacial score (nSPS) is 12.5. The highest BCUT2D eigenvalue weighted by atomic mass is 32.2. The van der Waals surface area contributed by atoms with Gasteiger partial charge in [0.1, 0.15) is 0 Å². The van der Waals surface area contributed by atoms with E-state index in [9.17, 15) is 4.21 Å². The number of pyridine rings is 1. The zero-order valence-electron chi connectivity index (χ0n) is 5.85. The lowest BCUT2D eigenvalue weighted by Crippen LogP contribution is -1.91. The van der Waals surface area contributed by atoms with E-state index in [0.717, 1.165) is 0 Å². The smallest absolute Gasteiger partial charge is 0.214 e. The van der Waals surface area contributed by atoms with Crippen molar-refractivity contribution in [2.45, 2.75) is 4.90 Å². The summed E-state index contributed by atoms with van der Waals surface area (Å²) in [5, 5.41) is 0. The van der Waals surface area contributed by atoms with E-state index >= 15 is 0 Å². The molecule has 60 valence electrons. The predicted octanol–water partition coefficient (Wildman–Crippen LogP) is 0.671. The molecule has 1 heterocycles. The van der Waals surface area contributed by atoms with Crippen LogP contribution < -0.4 is 4.74 Å². The van der Waals surface area contributed by atoms with Crippen LogP contribution in [0.1, 0.15) is 0 Å². The van der Waals surface area contributed by atoms with E-state index in [2.05, 4.69) is 4.98 Å². The summed E-state index contributed by atoms with van der Waals surface area (Å²) in [6, 6.07) is 2.87. The third kappa shape index (κ3) is 1.99. The Hall–Kier alpha value is -0.940. The molecule has 1 aromatic heterocycles. The molecule has 0 aliphatic carbocycles. The van der Waals surface area contributed by atoms with Gasteiger partial charge in [0.05, 0.1) is 12.0 Å². The van der Waals surface area contributed by atoms with Crippen molar-refractivity contribution in [1.29, 1.82) is 0 Å². The van der Waals surface area contributed by atoms with Gasteiger partial charge >= 0.3 is 0 Å². The Bertz CT molecular complexity index is 276. The second-order valence-corrected chi connectivity index (χ2v) is 2.75. The van der Waals surface area contributed by atoms with Gasteiger partial charge in [-0.3, -0.25) is 0 Å². The molecule has 0 fully saturated rings. The summed E-state index contributed by atoms with van der Waals surface area (Å²) in [6.45, 7) is 0. The number of rotatable bonds is 2. The van der Waals surface area contributed by atoms with Crippen LogP contribution in [0.25, 0.3) is 0 Å². The van der Waals surface area contributed by atoms with E-state index in [-0.39, 0.29) is 4.90 Å². The molecule has 4 nitrogen and oxygen atoms in total. The first kappa shape index (κ1) is 8.16. The van der Waals surface area contributed by atoms with Crippen molar-refractivity contribution >= 4 is 11.1 Å². The Morgan fingerprint density at radius 2 is 2.45 bits per heavy atom. The van der Waals surface area contributed by atoms with Crippen molar-refractivity contribution in [2.24, 2.45) is 0 Å². The maximum atomic E-state index is 10.5. The second-order valence-electron chi connectivity index (χ2n) is 1.78. The molecule has 0 aromatic carbocycles. The largest absolute Gasteiger partial charge is 0.481 e. The summed E-state index contributed by atoms with van der Waals surface area (Å²) in [4.78, 5) is 4.06. The average molecular weight is 173 g/mol. The Morgan fingerprint density at radius 3 is 3.00 bits per heavy atom. The van der Waals surface area contributed by atoms with E-state index in [4.69, 9.17) is 9.29 Å². The second kappa shape index (κ2) is 3.45. The number of nitrogens with zero attached hydrogens (tertiary/aromatic N) is 1. The van der Waals surface area contributed by atoms with Crippen LogP contribution in [0.4, 0.5) is 0 Å². The van der Waals surface area contributed by atoms with Gasteiger partial charge in [0, 0.05) is 12.3 Å². The van der Waals surface area contributed by atoms with E-state index in [1.165, 1.54) is 25.4 Å². The third-order valence-electron chi connectivity index (χ3n) is 1.12. The molecule has 0 aliphatic rings. The molecule has 0 spiro atoms. The standard InChI is InChI=1S/C6H7NO3S/c1-10-6-4-5(11(8)9)2-3-7-6/h2-4H,1H3,(H,8,9). The van der Waals surface area contributed by atoms with Crippen molar-refractivity contribution in [2.75, 3.05) is 7.11 Å². The molecule has 0 amide bonds. The molecule has 1 aromatic rings. The fourth-order valence-electron chi connectivity index (χ4n) is 0.612. The Morgan fingerprint density at radius 1 is 1.73 bits per heavy atom. The van der Waals surface area contributed by atoms with Crippen molar-refractivity contribution in [3.8, 4) is 5.88 Å². The Kier molecular flexibility index (Phi) is 2.56. The SMILES string of the molecule is COc1cc(S(=O)O)ccn1. The van der Waals surface area contributed by atoms with E-state index in [0.29, 0.717) is 5.88 Å². The van der Waals surface area contributed by atoms with Crippen LogP contribution in [0.3, 0.4) is 0 Å². The molecule has 1 rings (SSSR count). The monoisotopic (exact) mass is 173 g/mol. The van der Waals surface area contributed by atoms with Gasteiger partial charge in [0.25, 0.3) is 0 Å². The highest BCUT2D eigenvalue weighted by Gasteiger charge is 2.00. The molecular formula is C6H7NO3S. The van der Waals surface area contributed by atoms with Crippen molar-refractivity contribution in [3.63, 3.8) is 0 Å². The Labute approximate surface area is 66.5 Å². The number of methoxy groups -OCH3 is 1. The molecule has 5 heteroatoms. The molecular weight excluding hydrogens is 166 g/mol. The van der Waals surface area contributed by atoms with Gasteiger partial charge in [-0.25, -0.2) is 9.19 Å². The quantitative estimate of drug-likeness (QED) is 0.668. The number of hydrogen-bond acceptors (Lipinski definition) is 3. The van der Waals surface area contributed by atoms with Gasteiger partial charge in [-0.05, 0) is 6.07 Å². The van der Waals surface area contributed by atoms with Gasteiger partial charge in [-0.2, -0.15) is 0 Å². The predicted molar refractivity (Wildman–Crippen MR) is 39.8 cm³/mol. The summed E-state index contributed by atoms with van der Waals surface area (Å²) in [6.07, 6.45) is 1.42. The molecule has 11 heavy (non-hydrogen) atoms. The average Bonchev–Trinajstić information content (AvgIpc) is 2.05. The molecule has 1 unspecified atom stereocenters. The van der Waals surface area contributed by atoms with Crippen LogP contribution >= 0.6 is 0 Å². The van der Waals surface area contributed by atoms with Crippen LogP contribution in [0.2, 0.25) is 0 Å². The van der Waals surface area contributed by atoms with E-state index in [1.54, 1.807) is 0 Å². The summed E-state index contributed by atoms with van der Waals surface area (Å²) in [7, 11) is 1.45. The van der Waals surface area contributed by atoms with Crippen LogP contribution in [-0.4, -0.2) is 20.9 Å². The summed E-state index contributed by atoms with van der Waals surface area (Å²) in [5.74, 6) is 0.338. The lowest BCUT2D eigenvalue weighted by molar-refractivity contribution is 0.396. The molecule has 1 N–H and O–H groups in total. The molecule has 1 atom stereocenters. The van der Waals surface area contributed by atoms with Gasteiger partial charge in [0.15, 0.2) is 11.1 Å². The first-order valence-electron chi connectivity index (χ1n) is 2.85. The van der Waals surface area contributed by atoms with Crippen LogP contribution in [0.5, 0.6) is 5.88 Å². The minimum Gasteiger partial charge on any atom is -0.481 e. The fourth-order valence-corrected chi connectivity index (χ4v) is 0.990. The minimum atomic E-state index is -1.96. The lowest BCUT2D eigenvalue weighted by atomic mass is 10.5. The van der Waals surface area contributed by atoms with Gasteiger partial charge in [-0.1, -0.05) is 0 Å². The minimum absolute atomic E-state index is 0.289. The highest BCUT2D eigenvalue weighted by molar-refractivity contribution is 7.79.